The van der Waals surface area contributed by atoms with Crippen molar-refractivity contribution in [3.05, 3.63) is 82.8 Å². The average Bonchev–Trinajstić information content (AvgIpc) is 2.80. The number of carbonyl (C=O) groups excluding carboxylic acids is 1. The summed E-state index contributed by atoms with van der Waals surface area (Å²) in [6, 6.07) is 5.03. The van der Waals surface area contributed by atoms with Gasteiger partial charge in [0.2, 0.25) is 12.4 Å². The Balaban J connectivity index is 2.27. The molecule has 0 aliphatic carbocycles. The van der Waals surface area contributed by atoms with Crippen LogP contribution >= 0.6 is 11.6 Å². The molecule has 0 saturated carbocycles. The maximum Gasteiger partial charge on any atom is 0.228 e. The first-order chi connectivity index (χ1) is 15.5. The Bertz CT molecular complexity index is 1040. The van der Waals surface area contributed by atoms with Gasteiger partial charge < -0.3 is 26.0 Å². The van der Waals surface area contributed by atoms with E-state index in [1.54, 1.807) is 37.5 Å². The van der Waals surface area contributed by atoms with Crippen LogP contribution in [0, 0.1) is 11.2 Å². The lowest BCUT2D eigenvalue weighted by Crippen LogP contribution is -2.25. The van der Waals surface area contributed by atoms with Crippen molar-refractivity contribution in [2.24, 2.45) is 0 Å². The van der Waals surface area contributed by atoms with E-state index in [-0.39, 0.29) is 5.02 Å². The first kappa shape index (κ1) is 24.7. The third-order valence-corrected chi connectivity index (χ3v) is 4.74. The van der Waals surface area contributed by atoms with E-state index in [0.717, 1.165) is 6.21 Å². The van der Waals surface area contributed by atoms with E-state index in [1.165, 1.54) is 29.3 Å². The number of allylic oxidation sites excluding steroid dienone is 4. The number of amides is 1. The highest BCUT2D eigenvalue weighted by atomic mass is 35.5. The van der Waals surface area contributed by atoms with Gasteiger partial charge >= 0.3 is 0 Å². The van der Waals surface area contributed by atoms with E-state index in [2.05, 4.69) is 20.6 Å². The Morgan fingerprint density at radius 1 is 1.41 bits per heavy atom. The molecule has 1 heterocycles. The lowest BCUT2D eigenvalue weighted by molar-refractivity contribution is -0.118. The highest BCUT2D eigenvalue weighted by Gasteiger charge is 2.18. The molecule has 8 nitrogen and oxygen atoms in total. The van der Waals surface area contributed by atoms with E-state index < -0.39 is 18.5 Å². The molecule has 0 fully saturated rings. The van der Waals surface area contributed by atoms with Gasteiger partial charge in [0.1, 0.15) is 11.6 Å². The first-order valence-electron chi connectivity index (χ1n) is 9.59. The van der Waals surface area contributed by atoms with E-state index >= 15 is 0 Å². The van der Waals surface area contributed by atoms with E-state index in [9.17, 15) is 14.3 Å². The summed E-state index contributed by atoms with van der Waals surface area (Å²) in [4.78, 5) is 21.5. The lowest BCUT2D eigenvalue weighted by Gasteiger charge is -2.24. The third kappa shape index (κ3) is 6.47. The highest BCUT2D eigenvalue weighted by molar-refractivity contribution is 6.30. The number of hydrogen-bond donors (Lipinski definition) is 4. The average molecular weight is 459 g/mol. The Hall–Kier alpha value is -3.56. The molecule has 4 N–H and O–H groups in total. The Kier molecular flexibility index (Phi) is 9.52. The topological polar surface area (TPSA) is 114 Å². The van der Waals surface area contributed by atoms with Gasteiger partial charge in [-0.05, 0) is 48.4 Å². The number of aliphatic hydroxyl groups excluding tert-OH is 1. The van der Waals surface area contributed by atoms with Crippen LogP contribution in [0.5, 0.6) is 0 Å². The van der Waals surface area contributed by atoms with E-state index in [4.69, 9.17) is 17.0 Å². The molecule has 1 amide bonds. The molecule has 32 heavy (non-hydrogen) atoms. The fourth-order valence-corrected chi connectivity index (χ4v) is 2.89. The van der Waals surface area contributed by atoms with Gasteiger partial charge in [-0.2, -0.15) is 0 Å². The van der Waals surface area contributed by atoms with Gasteiger partial charge in [-0.25, -0.2) is 14.4 Å². The third-order valence-electron chi connectivity index (χ3n) is 4.44. The number of hydrogen-bond acceptors (Lipinski definition) is 7. The number of halogens is 2. The number of anilines is 1. The van der Waals surface area contributed by atoms with Crippen LogP contribution < -0.4 is 10.6 Å². The molecule has 2 aromatic rings. The SMILES string of the molecule is C/C=C(\C=C/N(C=O)C(CO)c1ccc(Cl)c(F)c1)c1ccnc(N/C(=C/C=N)NC)n1. The summed E-state index contributed by atoms with van der Waals surface area (Å²) >= 11 is 5.72. The second-order valence-corrected chi connectivity index (χ2v) is 6.78. The van der Waals surface area contributed by atoms with Crippen molar-refractivity contribution in [1.82, 2.24) is 20.2 Å². The maximum atomic E-state index is 13.8. The summed E-state index contributed by atoms with van der Waals surface area (Å²) in [7, 11) is 1.70. The molecule has 1 aromatic carbocycles. The number of nitrogens with one attached hydrogen (secondary N) is 3. The molecule has 0 radical (unpaired) electrons. The van der Waals surface area contributed by atoms with Gasteiger partial charge in [0.05, 0.1) is 23.4 Å². The molecule has 0 aliphatic heterocycles. The van der Waals surface area contributed by atoms with Crippen LogP contribution in [-0.4, -0.2) is 46.3 Å². The molecular weight excluding hydrogens is 435 g/mol. The predicted molar refractivity (Wildman–Crippen MR) is 124 cm³/mol. The monoisotopic (exact) mass is 458 g/mol. The predicted octanol–water partition coefficient (Wildman–Crippen LogP) is 3.50. The van der Waals surface area contributed by atoms with Crippen LogP contribution in [0.3, 0.4) is 0 Å². The van der Waals surface area contributed by atoms with Gasteiger partial charge in [-0.3, -0.25) is 4.79 Å². The second kappa shape index (κ2) is 12.3. The summed E-state index contributed by atoms with van der Waals surface area (Å²) in [5.41, 5.74) is 1.66. The largest absolute Gasteiger partial charge is 0.394 e. The Labute approximate surface area is 190 Å². The minimum absolute atomic E-state index is 0.0418. The number of carbonyl (C=O) groups is 1. The van der Waals surface area contributed by atoms with Crippen LogP contribution in [-0.2, 0) is 4.79 Å². The van der Waals surface area contributed by atoms with E-state index in [0.29, 0.717) is 35.0 Å². The number of aliphatic hydroxyl groups is 1. The van der Waals surface area contributed by atoms with Crippen molar-refractivity contribution >= 4 is 35.7 Å². The lowest BCUT2D eigenvalue weighted by atomic mass is 10.1. The van der Waals surface area contributed by atoms with Crippen molar-refractivity contribution in [3.8, 4) is 0 Å². The minimum Gasteiger partial charge on any atom is -0.394 e. The highest BCUT2D eigenvalue weighted by Crippen LogP contribution is 2.25. The first-order valence-corrected chi connectivity index (χ1v) is 9.97. The fourth-order valence-electron chi connectivity index (χ4n) is 2.77. The molecule has 1 unspecified atom stereocenters. The normalized spacial score (nSPS) is 13.0. The molecule has 2 rings (SSSR count). The summed E-state index contributed by atoms with van der Waals surface area (Å²) < 4.78 is 13.8. The van der Waals surface area contributed by atoms with Crippen LogP contribution in [0.4, 0.5) is 10.3 Å². The molecule has 0 aliphatic rings. The van der Waals surface area contributed by atoms with Gasteiger partial charge in [-0.1, -0.05) is 23.7 Å². The molecule has 168 valence electrons. The molecule has 1 atom stereocenters. The van der Waals surface area contributed by atoms with Crippen molar-refractivity contribution in [2.75, 3.05) is 19.0 Å². The molecule has 0 bridgehead atoms. The van der Waals surface area contributed by atoms with Crippen LogP contribution in [0.2, 0.25) is 5.02 Å². The zero-order valence-electron chi connectivity index (χ0n) is 17.6. The summed E-state index contributed by atoms with van der Waals surface area (Å²) in [6.07, 6.45) is 9.70. The van der Waals surface area contributed by atoms with Crippen molar-refractivity contribution in [2.45, 2.75) is 13.0 Å². The van der Waals surface area contributed by atoms with Crippen molar-refractivity contribution in [1.29, 1.82) is 5.41 Å². The fraction of sp³-hybridized carbons (Fsp3) is 0.182. The zero-order chi connectivity index (χ0) is 23.5. The minimum atomic E-state index is -0.791. The van der Waals surface area contributed by atoms with Gasteiger partial charge in [0, 0.05) is 25.7 Å². The summed E-state index contributed by atoms with van der Waals surface area (Å²) in [5, 5.41) is 22.8. The van der Waals surface area contributed by atoms with Crippen molar-refractivity contribution in [3.63, 3.8) is 0 Å². The number of aromatic nitrogens is 2. The van der Waals surface area contributed by atoms with Crippen LogP contribution in [0.1, 0.15) is 24.2 Å². The van der Waals surface area contributed by atoms with Gasteiger partial charge in [0.15, 0.2) is 0 Å². The standard InChI is InChI=1S/C22H24ClFN6O2/c1-3-15(19-7-10-27-22(28-19)29-21(26-2)6-9-25)8-11-30(14-32)20(13-31)16-4-5-17(23)18(24)12-16/h3-12,14,20,25-26,31H,13H2,1-2H3,(H,27,28,29)/b11-8-,15-3+,21-6+,25-9?. The van der Waals surface area contributed by atoms with Crippen LogP contribution in [0.25, 0.3) is 5.57 Å². The zero-order valence-corrected chi connectivity index (χ0v) is 18.3. The van der Waals surface area contributed by atoms with Gasteiger partial charge in [0.25, 0.3) is 0 Å². The van der Waals surface area contributed by atoms with Crippen LogP contribution in [0.15, 0.2) is 60.7 Å². The smallest absolute Gasteiger partial charge is 0.228 e. The number of rotatable bonds is 11. The number of nitrogens with zero attached hydrogens (tertiary/aromatic N) is 3. The molecule has 10 heteroatoms. The van der Waals surface area contributed by atoms with E-state index in [1.807, 2.05) is 6.92 Å². The Morgan fingerprint density at radius 3 is 2.78 bits per heavy atom. The van der Waals surface area contributed by atoms with Gasteiger partial charge in [-0.15, -0.1) is 0 Å². The molecule has 1 aromatic heterocycles. The Morgan fingerprint density at radius 2 is 2.19 bits per heavy atom. The quantitative estimate of drug-likeness (QED) is 0.233. The summed E-state index contributed by atoms with van der Waals surface area (Å²) in [6.45, 7) is 1.40. The number of benzene rings is 1. The van der Waals surface area contributed by atoms with Crippen molar-refractivity contribution < 1.29 is 14.3 Å². The second-order valence-electron chi connectivity index (χ2n) is 6.37. The molecule has 0 saturated heterocycles. The molecular formula is C22H24ClFN6O2. The molecule has 0 spiro atoms. The maximum absolute atomic E-state index is 13.8. The summed E-state index contributed by atoms with van der Waals surface area (Å²) in [5.74, 6) is 0.225.